The van der Waals surface area contributed by atoms with Gasteiger partial charge in [0.1, 0.15) is 22.1 Å². The Morgan fingerprint density at radius 2 is 1.34 bits per heavy atom. The van der Waals surface area contributed by atoms with Gasteiger partial charge < -0.3 is 24.9 Å². The number of benzene rings is 5. The molecule has 3 N–H and O–H groups in total. The number of nitrogens with zero attached hydrogens (tertiary/aromatic N) is 6. The highest BCUT2D eigenvalue weighted by Crippen LogP contribution is 2.42. The average Bonchev–Trinajstić information content (AvgIpc) is 3.80. The fraction of sp³-hybridized carbons (Fsp3) is 0.158. The van der Waals surface area contributed by atoms with Gasteiger partial charge in [-0.15, -0.1) is 10.2 Å². The number of hydrogen-bond acceptors (Lipinski definition) is 10. The highest BCUT2D eigenvalue weighted by atomic mass is 79.9. The molecule has 53 heavy (non-hydrogen) atoms. The second-order valence-electron chi connectivity index (χ2n) is 12.1. The first kappa shape index (κ1) is 35.6. The van der Waals surface area contributed by atoms with Crippen molar-refractivity contribution in [3.8, 4) is 39.8 Å². The summed E-state index contributed by atoms with van der Waals surface area (Å²) < 4.78 is 48.3. The van der Waals surface area contributed by atoms with Crippen LogP contribution in [0, 0.1) is 0 Å². The van der Waals surface area contributed by atoms with Gasteiger partial charge in [0.05, 0.1) is 44.5 Å². The molecule has 0 aliphatic rings. The summed E-state index contributed by atoms with van der Waals surface area (Å²) in [6, 6.07) is 31.2. The summed E-state index contributed by atoms with van der Waals surface area (Å²) in [7, 11) is 0.463. The first-order valence-electron chi connectivity index (χ1n) is 16.4. The second kappa shape index (κ2) is 15.1. The maximum Gasteiger partial charge on any atom is 0.245 e. The Bertz CT molecular complexity index is 2440. The molecular weight excluding hydrogens is 760 g/mol. The number of halogens is 1. The lowest BCUT2D eigenvalue weighted by Crippen LogP contribution is -2.31. The molecule has 7 rings (SSSR count). The molecule has 0 fully saturated rings. The van der Waals surface area contributed by atoms with Gasteiger partial charge in [-0.05, 0) is 104 Å². The monoisotopic (exact) mass is 794 g/mol. The molecule has 0 unspecified atom stereocenters. The molecule has 0 saturated heterocycles. The van der Waals surface area contributed by atoms with Crippen molar-refractivity contribution in [2.24, 2.45) is 0 Å². The Balaban J connectivity index is 1.39. The summed E-state index contributed by atoms with van der Waals surface area (Å²) >= 11 is 3.61. The molecule has 0 radical (unpaired) electrons. The minimum atomic E-state index is -4.31. The molecule has 15 heteroatoms. The van der Waals surface area contributed by atoms with Gasteiger partial charge in [-0.25, -0.2) is 13.4 Å². The summed E-state index contributed by atoms with van der Waals surface area (Å²) in [5, 5.41) is 13.5. The van der Waals surface area contributed by atoms with E-state index in [0.29, 0.717) is 39.2 Å². The molecular formula is C38H35BrN8O5S. The molecule has 13 nitrogen and oxygen atoms in total. The van der Waals surface area contributed by atoms with Gasteiger partial charge in [-0.3, -0.25) is 0 Å². The molecule has 0 aliphatic carbocycles. The van der Waals surface area contributed by atoms with E-state index in [0.717, 1.165) is 28.0 Å². The minimum absolute atomic E-state index is 0.0114. The van der Waals surface area contributed by atoms with E-state index in [2.05, 4.69) is 36.2 Å². The van der Waals surface area contributed by atoms with E-state index < -0.39 is 10.0 Å². The van der Waals surface area contributed by atoms with E-state index in [4.69, 9.17) is 25.0 Å². The molecule has 0 bridgehead atoms. The van der Waals surface area contributed by atoms with E-state index in [1.54, 1.807) is 51.7 Å². The Hall–Kier alpha value is -5.77. The zero-order chi connectivity index (χ0) is 37.1. The summed E-state index contributed by atoms with van der Waals surface area (Å²) in [5.41, 5.74) is 11.3. The smallest absolute Gasteiger partial charge is 0.245 e. The van der Waals surface area contributed by atoms with Gasteiger partial charge in [-0.1, -0.05) is 48.5 Å². The maximum atomic E-state index is 15.3. The standard InChI is InChI=1S/C38H35BrN8O5S/c1-50-28-11-4-24(5-12-28)21-46(22-25-6-13-29(51-2)14-7-25)53(48,49)36-32(39)18-17-31(27-10-19-33-34(20-27)42-38(40)41-33)35(36)37-43-45-47(44-37)23-26-8-15-30(52-3)16-9-26/h4-20H,21-23H2,1-3H3,(H3,40,41,42). The lowest BCUT2D eigenvalue weighted by molar-refractivity contribution is 0.397. The molecule has 0 atom stereocenters. The Kier molecular flexibility index (Phi) is 10.1. The van der Waals surface area contributed by atoms with E-state index in [1.165, 1.54) is 9.10 Å². The van der Waals surface area contributed by atoms with E-state index >= 15 is 8.42 Å². The van der Waals surface area contributed by atoms with Gasteiger partial charge in [0, 0.05) is 17.6 Å². The number of aromatic amines is 1. The van der Waals surface area contributed by atoms with Crippen LogP contribution in [-0.2, 0) is 29.7 Å². The van der Waals surface area contributed by atoms with Crippen LogP contribution in [0.4, 0.5) is 5.95 Å². The average molecular weight is 796 g/mol. The van der Waals surface area contributed by atoms with Crippen LogP contribution in [0.15, 0.2) is 112 Å². The van der Waals surface area contributed by atoms with Crippen molar-refractivity contribution in [3.63, 3.8) is 0 Å². The van der Waals surface area contributed by atoms with Gasteiger partial charge in [-0.2, -0.15) is 9.10 Å². The summed E-state index contributed by atoms with van der Waals surface area (Å²) in [5.74, 6) is 2.45. The van der Waals surface area contributed by atoms with Crippen molar-refractivity contribution >= 4 is 42.9 Å². The van der Waals surface area contributed by atoms with Gasteiger partial charge >= 0.3 is 0 Å². The third-order valence-corrected chi connectivity index (χ3v) is 11.5. The molecule has 0 saturated carbocycles. The quantitative estimate of drug-likeness (QED) is 0.129. The number of sulfonamides is 1. The number of H-pyrrole nitrogens is 1. The van der Waals surface area contributed by atoms with Crippen molar-refractivity contribution in [1.29, 1.82) is 0 Å². The molecule has 0 aliphatic heterocycles. The van der Waals surface area contributed by atoms with Crippen LogP contribution < -0.4 is 19.9 Å². The fourth-order valence-corrected chi connectivity index (χ4v) is 8.61. The van der Waals surface area contributed by atoms with Crippen LogP contribution in [-0.4, -0.2) is 64.2 Å². The number of nitrogens with one attached hydrogen (secondary N) is 1. The molecule has 5 aromatic carbocycles. The lowest BCUT2D eigenvalue weighted by Gasteiger charge is -2.25. The number of fused-ring (bicyclic) bond motifs is 1. The van der Waals surface area contributed by atoms with Crippen LogP contribution in [0.25, 0.3) is 33.5 Å². The molecule has 0 amide bonds. The molecule has 0 spiro atoms. The first-order valence-corrected chi connectivity index (χ1v) is 18.6. The number of tetrazole rings is 1. The number of nitrogen functional groups attached to an aromatic ring is 1. The van der Waals surface area contributed by atoms with Crippen molar-refractivity contribution in [2.45, 2.75) is 24.5 Å². The third-order valence-electron chi connectivity index (χ3n) is 8.72. The van der Waals surface area contributed by atoms with Crippen molar-refractivity contribution in [3.05, 3.63) is 124 Å². The largest absolute Gasteiger partial charge is 0.497 e. The number of imidazole rings is 1. The topological polar surface area (TPSA) is 163 Å². The highest BCUT2D eigenvalue weighted by molar-refractivity contribution is 9.10. The van der Waals surface area contributed by atoms with Gasteiger partial charge in [0.15, 0.2) is 5.95 Å². The second-order valence-corrected chi connectivity index (χ2v) is 14.8. The maximum absolute atomic E-state index is 15.3. The number of anilines is 1. The van der Waals surface area contributed by atoms with Crippen molar-refractivity contribution < 1.29 is 22.6 Å². The van der Waals surface area contributed by atoms with Crippen LogP contribution in [0.3, 0.4) is 0 Å². The van der Waals surface area contributed by atoms with E-state index in [9.17, 15) is 0 Å². The van der Waals surface area contributed by atoms with Crippen molar-refractivity contribution in [1.82, 2.24) is 34.5 Å². The molecule has 2 aromatic heterocycles. The zero-order valence-corrected chi connectivity index (χ0v) is 31.4. The summed E-state index contributed by atoms with van der Waals surface area (Å²) in [4.78, 5) is 8.87. The molecule has 270 valence electrons. The van der Waals surface area contributed by atoms with Crippen LogP contribution >= 0.6 is 15.9 Å². The van der Waals surface area contributed by atoms with E-state index in [-0.39, 0.29) is 35.3 Å². The van der Waals surface area contributed by atoms with E-state index in [1.807, 2.05) is 72.8 Å². The lowest BCUT2D eigenvalue weighted by atomic mass is 9.98. The number of aromatic nitrogens is 6. The van der Waals surface area contributed by atoms with Crippen LogP contribution in [0.5, 0.6) is 17.2 Å². The molecule has 7 aromatic rings. The SMILES string of the molecule is COc1ccc(CN(Cc2ccc(OC)cc2)S(=O)(=O)c2c(Br)ccc(-c3ccc4[nH]c(N)nc4c3)c2-c2nnn(Cc3ccc(OC)cc3)n2)cc1. The number of nitrogens with two attached hydrogens (primary N) is 1. The van der Waals surface area contributed by atoms with Gasteiger partial charge in [0.25, 0.3) is 0 Å². The summed E-state index contributed by atoms with van der Waals surface area (Å²) in [6.07, 6.45) is 0. The number of rotatable bonds is 13. The van der Waals surface area contributed by atoms with Crippen LogP contribution in [0.1, 0.15) is 16.7 Å². The summed E-state index contributed by atoms with van der Waals surface area (Å²) in [6.45, 7) is 0.414. The predicted octanol–water partition coefficient (Wildman–Crippen LogP) is 6.69. The highest BCUT2D eigenvalue weighted by Gasteiger charge is 2.34. The van der Waals surface area contributed by atoms with Crippen LogP contribution in [0.2, 0.25) is 0 Å². The third kappa shape index (κ3) is 7.58. The molecule has 2 heterocycles. The number of methoxy groups -OCH3 is 3. The van der Waals surface area contributed by atoms with Crippen molar-refractivity contribution in [2.75, 3.05) is 27.1 Å². The fourth-order valence-electron chi connectivity index (χ4n) is 5.99. The predicted molar refractivity (Wildman–Crippen MR) is 205 cm³/mol. The Labute approximate surface area is 314 Å². The number of ether oxygens (including phenoxy) is 3. The van der Waals surface area contributed by atoms with Gasteiger partial charge in [0.2, 0.25) is 15.8 Å². The zero-order valence-electron chi connectivity index (χ0n) is 29.0. The first-order chi connectivity index (χ1) is 25.6. The minimum Gasteiger partial charge on any atom is -0.497 e. The normalized spacial score (nSPS) is 11.6. The Morgan fingerprint density at radius 3 is 1.91 bits per heavy atom. The Morgan fingerprint density at radius 1 is 0.774 bits per heavy atom. The number of hydrogen-bond donors (Lipinski definition) is 2.